The van der Waals surface area contributed by atoms with Gasteiger partial charge < -0.3 is 34.6 Å². The molecule has 0 aliphatic heterocycles. The van der Waals surface area contributed by atoms with E-state index in [2.05, 4.69) is 42.5 Å². The third kappa shape index (κ3) is 14.4. The van der Waals surface area contributed by atoms with E-state index in [1.54, 1.807) is 29.2 Å². The summed E-state index contributed by atoms with van der Waals surface area (Å²) in [6.07, 6.45) is 8.89. The lowest BCUT2D eigenvalue weighted by molar-refractivity contribution is -0.142. The van der Waals surface area contributed by atoms with Crippen LogP contribution in [0.25, 0.3) is 11.3 Å². The van der Waals surface area contributed by atoms with Gasteiger partial charge in [-0.1, -0.05) is 86.9 Å². The van der Waals surface area contributed by atoms with Crippen LogP contribution >= 0.6 is 0 Å². The van der Waals surface area contributed by atoms with Crippen LogP contribution in [-0.4, -0.2) is 58.0 Å². The second-order valence-electron chi connectivity index (χ2n) is 15.7. The number of para-hydroxylation sites is 1. The second kappa shape index (κ2) is 22.5. The average Bonchev–Trinajstić information content (AvgIpc) is 3.76. The molecule has 0 saturated carbocycles. The molecule has 5 aromatic rings. The minimum absolute atomic E-state index is 0.0562. The van der Waals surface area contributed by atoms with Crippen LogP contribution in [0.3, 0.4) is 0 Å². The van der Waals surface area contributed by atoms with Crippen LogP contribution in [0.4, 0.5) is 0 Å². The summed E-state index contributed by atoms with van der Waals surface area (Å²) in [6.45, 7) is 7.18. The Morgan fingerprint density at radius 2 is 1.48 bits per heavy atom. The van der Waals surface area contributed by atoms with Crippen molar-refractivity contribution in [1.29, 1.82) is 0 Å². The molecular formula is C49H54N4O8. The molecule has 12 heteroatoms. The molecule has 1 unspecified atom stereocenters. The third-order valence-electron chi connectivity index (χ3n) is 9.93. The number of aromatic carboxylic acids is 1. The lowest BCUT2D eigenvalue weighted by Gasteiger charge is -2.31. The van der Waals surface area contributed by atoms with Gasteiger partial charge in [0.1, 0.15) is 29.9 Å². The predicted octanol–water partition coefficient (Wildman–Crippen LogP) is 8.70. The van der Waals surface area contributed by atoms with Gasteiger partial charge in [-0.05, 0) is 89.9 Å². The number of hydrogen-bond acceptors (Lipinski definition) is 8. The van der Waals surface area contributed by atoms with Gasteiger partial charge >= 0.3 is 5.97 Å². The normalized spacial score (nSPS) is 11.5. The number of hydrogen-bond donors (Lipinski definition) is 3. The van der Waals surface area contributed by atoms with Crippen LogP contribution in [0.1, 0.15) is 92.9 Å². The number of carbonyl (C=O) groups is 4. The minimum atomic E-state index is -1.20. The Labute approximate surface area is 357 Å². The molecule has 1 atom stereocenters. The van der Waals surface area contributed by atoms with Crippen molar-refractivity contribution in [2.75, 3.05) is 13.2 Å². The molecular weight excluding hydrogens is 773 g/mol. The number of terminal acetylenes is 1. The lowest BCUT2D eigenvalue weighted by Crippen LogP contribution is -2.52. The number of benzene rings is 4. The number of carbonyl (C=O) groups excluding carboxylic acids is 3. The number of carboxylic acid groups (broad SMARTS) is 1. The number of ether oxygens (including phenoxy) is 2. The van der Waals surface area contributed by atoms with E-state index in [1.807, 2.05) is 78.9 Å². The number of nitrogens with one attached hydrogen (secondary N) is 2. The largest absolute Gasteiger partial charge is 0.491 e. The molecule has 3 amide bonds. The first kappa shape index (κ1) is 45.2. The van der Waals surface area contributed by atoms with Crippen LogP contribution in [0.5, 0.6) is 17.2 Å². The Hall–Kier alpha value is -6.87. The van der Waals surface area contributed by atoms with Crippen LogP contribution in [-0.2, 0) is 32.9 Å². The van der Waals surface area contributed by atoms with Gasteiger partial charge in [0.2, 0.25) is 17.7 Å². The van der Waals surface area contributed by atoms with Gasteiger partial charge in [0.25, 0.3) is 0 Å². The zero-order valence-corrected chi connectivity index (χ0v) is 35.0. The highest BCUT2D eigenvalue weighted by Crippen LogP contribution is 2.26. The highest BCUT2D eigenvalue weighted by molar-refractivity contribution is 5.88. The molecule has 4 aromatic carbocycles. The summed E-state index contributed by atoms with van der Waals surface area (Å²) < 4.78 is 17.2. The fraction of sp³-hybridized carbons (Fsp3) is 0.327. The molecule has 12 nitrogen and oxygen atoms in total. The summed E-state index contributed by atoms with van der Waals surface area (Å²) in [5, 5.41) is 18.7. The molecule has 0 aliphatic carbocycles. The summed E-state index contributed by atoms with van der Waals surface area (Å²) in [4.78, 5) is 53.3. The molecule has 0 aliphatic rings. The number of nitrogens with zero attached hydrogens (tertiary/aromatic N) is 2. The topological polar surface area (TPSA) is 160 Å². The smallest absolute Gasteiger partial charge is 0.358 e. The summed E-state index contributed by atoms with van der Waals surface area (Å²) in [5.74, 6) is 2.91. The van der Waals surface area contributed by atoms with Gasteiger partial charge in [0, 0.05) is 50.5 Å². The first-order chi connectivity index (χ1) is 29.4. The molecule has 0 saturated heterocycles. The molecule has 61 heavy (non-hydrogen) atoms. The molecule has 3 N–H and O–H groups in total. The maximum Gasteiger partial charge on any atom is 0.358 e. The lowest BCUT2D eigenvalue weighted by atomic mass is 9.86. The molecule has 0 fully saturated rings. The zero-order valence-electron chi connectivity index (χ0n) is 35.0. The maximum atomic E-state index is 14.0. The van der Waals surface area contributed by atoms with Crippen molar-refractivity contribution in [2.45, 2.75) is 90.3 Å². The molecule has 1 heterocycles. The number of amides is 3. The fourth-order valence-electron chi connectivity index (χ4n) is 6.38. The van der Waals surface area contributed by atoms with Crippen LogP contribution < -0.4 is 20.1 Å². The van der Waals surface area contributed by atoms with Crippen molar-refractivity contribution in [3.8, 4) is 40.9 Å². The van der Waals surface area contributed by atoms with E-state index in [9.17, 15) is 24.3 Å². The summed E-state index contributed by atoms with van der Waals surface area (Å²) in [6, 6.07) is 32.2. The van der Waals surface area contributed by atoms with Crippen molar-refractivity contribution < 1.29 is 38.3 Å². The summed E-state index contributed by atoms with van der Waals surface area (Å²) in [7, 11) is 0. The van der Waals surface area contributed by atoms with Crippen molar-refractivity contribution in [3.63, 3.8) is 0 Å². The Kier molecular flexibility index (Phi) is 16.7. The summed E-state index contributed by atoms with van der Waals surface area (Å²) in [5.41, 5.74) is 3.28. The van der Waals surface area contributed by atoms with E-state index in [4.69, 9.17) is 20.4 Å². The van der Waals surface area contributed by atoms with Crippen LogP contribution in [0.2, 0.25) is 0 Å². The fourth-order valence-corrected chi connectivity index (χ4v) is 6.38. The highest BCUT2D eigenvalue weighted by atomic mass is 16.5. The number of carboxylic acids is 1. The van der Waals surface area contributed by atoms with Crippen molar-refractivity contribution in [2.24, 2.45) is 0 Å². The Morgan fingerprint density at radius 1 is 0.803 bits per heavy atom. The van der Waals surface area contributed by atoms with Crippen molar-refractivity contribution in [3.05, 3.63) is 132 Å². The van der Waals surface area contributed by atoms with Gasteiger partial charge in [0.05, 0.1) is 0 Å². The van der Waals surface area contributed by atoms with Gasteiger partial charge in [-0.2, -0.15) is 0 Å². The maximum absolute atomic E-state index is 14.0. The number of unbranched alkanes of at least 4 members (excludes halogenated alkanes) is 3. The molecule has 0 spiro atoms. The molecule has 1 aromatic heterocycles. The summed E-state index contributed by atoms with van der Waals surface area (Å²) >= 11 is 0. The van der Waals surface area contributed by atoms with E-state index in [0.717, 1.165) is 22.4 Å². The Balaban J connectivity index is 1.18. The zero-order chi connectivity index (χ0) is 43.6. The van der Waals surface area contributed by atoms with E-state index >= 15 is 0 Å². The number of aromatic nitrogens is 1. The second-order valence-corrected chi connectivity index (χ2v) is 15.7. The van der Waals surface area contributed by atoms with Crippen LogP contribution in [0, 0.1) is 12.3 Å². The highest BCUT2D eigenvalue weighted by Gasteiger charge is 2.31. The predicted molar refractivity (Wildman–Crippen MR) is 233 cm³/mol. The van der Waals surface area contributed by atoms with E-state index in [1.165, 1.54) is 6.07 Å². The van der Waals surface area contributed by atoms with Gasteiger partial charge in [-0.25, -0.2) is 4.79 Å². The van der Waals surface area contributed by atoms with Gasteiger partial charge in [-0.3, -0.25) is 14.4 Å². The minimum Gasteiger partial charge on any atom is -0.491 e. The quantitative estimate of drug-likeness (QED) is 0.0458. The van der Waals surface area contributed by atoms with E-state index in [-0.39, 0.29) is 54.2 Å². The van der Waals surface area contributed by atoms with E-state index < -0.39 is 12.0 Å². The Bertz CT molecular complexity index is 2220. The van der Waals surface area contributed by atoms with Crippen molar-refractivity contribution in [1.82, 2.24) is 20.7 Å². The average molecular weight is 827 g/mol. The van der Waals surface area contributed by atoms with Crippen LogP contribution in [0.15, 0.2) is 114 Å². The molecule has 0 radical (unpaired) electrons. The monoisotopic (exact) mass is 826 g/mol. The SMILES string of the molecule is C#CCCCC(=O)N(Cc1ccc(C(C)(C)C)cc1)C(COc1ccc(-c2cc(C(=O)O)no2)cc1)C(=O)NCCCCCC(=O)NCc1ccc(Oc2ccccc2)cc1. The first-order valence-electron chi connectivity index (χ1n) is 20.5. The van der Waals surface area contributed by atoms with E-state index in [0.29, 0.717) is 68.7 Å². The van der Waals surface area contributed by atoms with Crippen molar-refractivity contribution >= 4 is 23.7 Å². The van der Waals surface area contributed by atoms with Gasteiger partial charge in [0.15, 0.2) is 11.5 Å². The standard InChI is InChI=1S/C49H54N4O8/c1-5-6-9-17-46(55)53(33-36-18-24-38(25-19-36)49(2,3)4)43(34-59-39-28-22-37(23-29-39)44-31-42(48(57)58)52-61-44)47(56)50-30-13-8-12-16-45(54)51-32-35-20-26-41(27-21-35)60-40-14-10-7-11-15-40/h1,7,10-11,14-15,18-29,31,43H,6,8-9,12-13,16-17,30,32-34H2,2-4H3,(H,50,56)(H,51,54)(H,57,58). The third-order valence-corrected chi connectivity index (χ3v) is 9.93. The Morgan fingerprint density at radius 3 is 2.13 bits per heavy atom. The molecule has 5 rings (SSSR count). The first-order valence-corrected chi connectivity index (χ1v) is 20.5. The van der Waals surface area contributed by atoms with Gasteiger partial charge in [-0.15, -0.1) is 12.3 Å². The number of rotatable bonds is 22. The molecule has 0 bridgehead atoms. The molecule has 318 valence electrons.